The van der Waals surface area contributed by atoms with E-state index < -0.39 is 0 Å². The van der Waals surface area contributed by atoms with Gasteiger partial charge in [-0.1, -0.05) is 13.0 Å². The summed E-state index contributed by atoms with van der Waals surface area (Å²) in [4.78, 5) is 20.3. The summed E-state index contributed by atoms with van der Waals surface area (Å²) in [6.45, 7) is 5.07. The largest absolute Gasteiger partial charge is 0.380 e. The van der Waals surface area contributed by atoms with E-state index in [0.717, 1.165) is 35.4 Å². The maximum atomic E-state index is 11.3. The zero-order valence-corrected chi connectivity index (χ0v) is 14.2. The van der Waals surface area contributed by atoms with Gasteiger partial charge in [-0.25, -0.2) is 14.6 Å². The molecule has 128 valence electrons. The molecule has 1 aliphatic rings. The molecule has 0 aromatic carbocycles. The van der Waals surface area contributed by atoms with Crippen molar-refractivity contribution in [2.24, 2.45) is 0 Å². The second-order valence-corrected chi connectivity index (χ2v) is 6.61. The Morgan fingerprint density at radius 3 is 3.00 bits per heavy atom. The molecule has 25 heavy (non-hydrogen) atoms. The van der Waals surface area contributed by atoms with Gasteiger partial charge in [-0.15, -0.1) is 0 Å². The predicted molar refractivity (Wildman–Crippen MR) is 93.8 cm³/mol. The molecule has 1 N–H and O–H groups in total. The third kappa shape index (κ3) is 2.87. The number of fused-ring (bicyclic) bond motifs is 1. The first-order chi connectivity index (χ1) is 12.0. The molecule has 7 heteroatoms. The Bertz CT molecular complexity index is 944. The van der Waals surface area contributed by atoms with Crippen molar-refractivity contribution in [3.63, 3.8) is 0 Å². The average Bonchev–Trinajstić information content (AvgIpc) is 3.21. The van der Waals surface area contributed by atoms with Gasteiger partial charge in [0.25, 0.3) is 0 Å². The first-order valence-corrected chi connectivity index (χ1v) is 8.22. The van der Waals surface area contributed by atoms with Gasteiger partial charge in [-0.05, 0) is 18.6 Å². The topological polar surface area (TPSA) is 81.9 Å². The Hall–Kier alpha value is -2.80. The molecule has 1 aliphatic heterocycles. The minimum absolute atomic E-state index is 0.0676. The molecular weight excluding hydrogens is 318 g/mol. The van der Waals surface area contributed by atoms with Crippen molar-refractivity contribution >= 4 is 22.6 Å². The normalized spacial score (nSPS) is 20.1. The van der Waals surface area contributed by atoms with Gasteiger partial charge >= 0.3 is 0 Å². The Kier molecular flexibility index (Phi) is 3.73. The number of carbonyl (C=O) groups is 1. The van der Waals surface area contributed by atoms with E-state index in [0.29, 0.717) is 12.4 Å². The molecule has 4 heterocycles. The highest BCUT2D eigenvalue weighted by Gasteiger charge is 2.33. The Morgan fingerprint density at radius 2 is 2.24 bits per heavy atom. The SMILES string of the molecule is CC(=O)Nc1cc2c(cn1)cnn2-c1cccc(C2(C)CCOC2)n1. The lowest BCUT2D eigenvalue weighted by atomic mass is 9.86. The Balaban J connectivity index is 1.78. The zero-order valence-electron chi connectivity index (χ0n) is 14.2. The molecule has 0 spiro atoms. The number of hydrogen-bond acceptors (Lipinski definition) is 5. The summed E-state index contributed by atoms with van der Waals surface area (Å²) >= 11 is 0. The summed E-state index contributed by atoms with van der Waals surface area (Å²) in [6, 6.07) is 7.75. The van der Waals surface area contributed by atoms with E-state index in [-0.39, 0.29) is 11.3 Å². The standard InChI is InChI=1S/C18H19N5O2/c1-12(24)21-16-8-14-13(9-19-16)10-20-23(14)17-5-3-4-15(22-17)18(2)6-7-25-11-18/h3-5,8-10H,6-7,11H2,1-2H3,(H,19,21,24). The van der Waals surface area contributed by atoms with E-state index in [2.05, 4.69) is 22.3 Å². The third-order valence-electron chi connectivity index (χ3n) is 4.55. The highest BCUT2D eigenvalue weighted by atomic mass is 16.5. The number of pyridine rings is 2. The van der Waals surface area contributed by atoms with Crippen LogP contribution in [0.1, 0.15) is 26.0 Å². The van der Waals surface area contributed by atoms with Gasteiger partial charge in [0.15, 0.2) is 5.82 Å². The van der Waals surface area contributed by atoms with Crippen molar-refractivity contribution in [1.82, 2.24) is 19.7 Å². The highest BCUT2D eigenvalue weighted by Crippen LogP contribution is 2.32. The molecule has 1 saturated heterocycles. The number of nitrogens with one attached hydrogen (secondary N) is 1. The molecule has 0 bridgehead atoms. The fourth-order valence-electron chi connectivity index (χ4n) is 3.10. The number of aromatic nitrogens is 4. The van der Waals surface area contributed by atoms with E-state index in [4.69, 9.17) is 9.72 Å². The van der Waals surface area contributed by atoms with Crippen LogP contribution in [0.25, 0.3) is 16.7 Å². The third-order valence-corrected chi connectivity index (χ3v) is 4.55. The van der Waals surface area contributed by atoms with E-state index in [1.165, 1.54) is 6.92 Å². The summed E-state index contributed by atoms with van der Waals surface area (Å²) in [7, 11) is 0. The average molecular weight is 337 g/mol. The van der Waals surface area contributed by atoms with Gasteiger partial charge in [0, 0.05) is 36.6 Å². The van der Waals surface area contributed by atoms with E-state index in [1.807, 2.05) is 18.2 Å². The fourth-order valence-corrected chi connectivity index (χ4v) is 3.10. The number of carbonyl (C=O) groups excluding carboxylic acids is 1. The highest BCUT2D eigenvalue weighted by molar-refractivity contribution is 5.90. The monoisotopic (exact) mass is 337 g/mol. The van der Waals surface area contributed by atoms with Gasteiger partial charge < -0.3 is 10.1 Å². The van der Waals surface area contributed by atoms with Crippen molar-refractivity contribution in [2.75, 3.05) is 18.5 Å². The number of rotatable bonds is 3. The maximum absolute atomic E-state index is 11.3. The second-order valence-electron chi connectivity index (χ2n) is 6.61. The summed E-state index contributed by atoms with van der Waals surface area (Å²) in [6.07, 6.45) is 4.40. The van der Waals surface area contributed by atoms with Crippen LogP contribution >= 0.6 is 0 Å². The number of nitrogens with zero attached hydrogens (tertiary/aromatic N) is 4. The van der Waals surface area contributed by atoms with Crippen LogP contribution in [0.5, 0.6) is 0 Å². The maximum Gasteiger partial charge on any atom is 0.222 e. The molecule has 1 amide bonds. The molecule has 0 radical (unpaired) electrons. The quantitative estimate of drug-likeness (QED) is 0.794. The van der Waals surface area contributed by atoms with Gasteiger partial charge in [0.05, 0.1) is 24.0 Å². The predicted octanol–water partition coefficient (Wildman–Crippen LogP) is 2.45. The lowest BCUT2D eigenvalue weighted by Crippen LogP contribution is -2.23. The Morgan fingerprint density at radius 1 is 1.36 bits per heavy atom. The summed E-state index contributed by atoms with van der Waals surface area (Å²) < 4.78 is 7.33. The van der Waals surface area contributed by atoms with Crippen LogP contribution in [-0.2, 0) is 14.9 Å². The number of anilines is 1. The van der Waals surface area contributed by atoms with Crippen molar-refractivity contribution in [1.29, 1.82) is 0 Å². The molecule has 1 unspecified atom stereocenters. The fraction of sp³-hybridized carbons (Fsp3) is 0.333. The van der Waals surface area contributed by atoms with Gasteiger partial charge in [0.2, 0.25) is 5.91 Å². The second kappa shape index (κ2) is 5.93. The summed E-state index contributed by atoms with van der Waals surface area (Å²) in [5, 5.41) is 8.03. The van der Waals surface area contributed by atoms with Crippen LogP contribution in [0.3, 0.4) is 0 Å². The van der Waals surface area contributed by atoms with Crippen LogP contribution in [0.4, 0.5) is 5.82 Å². The summed E-state index contributed by atoms with van der Waals surface area (Å²) in [5.74, 6) is 1.07. The first-order valence-electron chi connectivity index (χ1n) is 8.22. The van der Waals surface area contributed by atoms with E-state index in [1.54, 1.807) is 23.1 Å². The van der Waals surface area contributed by atoms with Crippen LogP contribution in [0, 0.1) is 0 Å². The van der Waals surface area contributed by atoms with Crippen molar-refractivity contribution in [3.8, 4) is 5.82 Å². The van der Waals surface area contributed by atoms with Crippen molar-refractivity contribution in [3.05, 3.63) is 42.4 Å². The molecule has 1 fully saturated rings. The minimum atomic E-state index is -0.160. The number of hydrogen-bond donors (Lipinski definition) is 1. The first kappa shape index (κ1) is 15.7. The molecule has 3 aromatic rings. The smallest absolute Gasteiger partial charge is 0.222 e. The van der Waals surface area contributed by atoms with Crippen molar-refractivity contribution in [2.45, 2.75) is 25.7 Å². The van der Waals surface area contributed by atoms with Crippen LogP contribution in [-0.4, -0.2) is 38.9 Å². The van der Waals surface area contributed by atoms with E-state index in [9.17, 15) is 4.79 Å². The van der Waals surface area contributed by atoms with Gasteiger partial charge in [-0.2, -0.15) is 5.10 Å². The van der Waals surface area contributed by atoms with Crippen LogP contribution < -0.4 is 5.32 Å². The molecule has 0 saturated carbocycles. The minimum Gasteiger partial charge on any atom is -0.380 e. The Labute approximate surface area is 145 Å². The number of amides is 1. The zero-order chi connectivity index (χ0) is 17.4. The van der Waals surface area contributed by atoms with Crippen LogP contribution in [0.2, 0.25) is 0 Å². The van der Waals surface area contributed by atoms with Crippen LogP contribution in [0.15, 0.2) is 36.7 Å². The molecular formula is C18H19N5O2. The van der Waals surface area contributed by atoms with E-state index >= 15 is 0 Å². The van der Waals surface area contributed by atoms with Crippen molar-refractivity contribution < 1.29 is 9.53 Å². The molecule has 3 aromatic heterocycles. The molecule has 1 atom stereocenters. The van der Waals surface area contributed by atoms with Gasteiger partial charge in [-0.3, -0.25) is 4.79 Å². The molecule has 7 nitrogen and oxygen atoms in total. The summed E-state index contributed by atoms with van der Waals surface area (Å²) in [5.41, 5.74) is 1.78. The molecule has 0 aliphatic carbocycles. The lowest BCUT2D eigenvalue weighted by Gasteiger charge is -2.21. The number of ether oxygens (including phenoxy) is 1. The molecule has 4 rings (SSSR count). The lowest BCUT2D eigenvalue weighted by molar-refractivity contribution is -0.114. The van der Waals surface area contributed by atoms with Gasteiger partial charge in [0.1, 0.15) is 5.82 Å².